The summed E-state index contributed by atoms with van der Waals surface area (Å²) >= 11 is 0. The van der Waals surface area contributed by atoms with Crippen molar-refractivity contribution >= 4 is 17.0 Å². The molecule has 0 radical (unpaired) electrons. The number of fused-ring (bicyclic) bond motifs is 1. The third-order valence-electron chi connectivity index (χ3n) is 5.53. The summed E-state index contributed by atoms with van der Waals surface area (Å²) < 4.78 is 12.6. The minimum absolute atomic E-state index is 0.184. The van der Waals surface area contributed by atoms with Crippen LogP contribution in [0.3, 0.4) is 0 Å². The van der Waals surface area contributed by atoms with Gasteiger partial charge in [0.15, 0.2) is 0 Å². The Balaban J connectivity index is 1.52. The number of methoxy groups -OCH3 is 1. The van der Waals surface area contributed by atoms with E-state index in [0.717, 1.165) is 42.0 Å². The monoisotopic (exact) mass is 417 g/mol. The second kappa shape index (κ2) is 7.86. The highest BCUT2D eigenvalue weighted by atomic mass is 16.5. The average Bonchev–Trinajstić information content (AvgIpc) is 3.41. The van der Waals surface area contributed by atoms with Crippen molar-refractivity contribution in [2.75, 3.05) is 7.11 Å². The van der Waals surface area contributed by atoms with Crippen molar-refractivity contribution in [3.05, 3.63) is 59.5 Å². The standard InChI is InChI=1S/C23H23N5O3/c1-3-28-13-14(12-25-28)11-24-22(29)18-10-19(15-4-5-15)26-23-20(18)21(27-31-23)16-6-8-17(30-2)9-7-16/h6-10,12-13,15H,3-5,11H2,1-2H3,(H,24,29). The molecular formula is C23H23N5O3. The summed E-state index contributed by atoms with van der Waals surface area (Å²) in [5.74, 6) is 0.945. The zero-order valence-corrected chi connectivity index (χ0v) is 17.5. The van der Waals surface area contributed by atoms with E-state index in [2.05, 4.69) is 20.6 Å². The first-order chi connectivity index (χ1) is 15.2. The van der Waals surface area contributed by atoms with Crippen LogP contribution in [0.25, 0.3) is 22.4 Å². The first-order valence-electron chi connectivity index (χ1n) is 10.4. The highest BCUT2D eigenvalue weighted by Gasteiger charge is 2.29. The summed E-state index contributed by atoms with van der Waals surface area (Å²) in [5, 5.41) is 12.1. The molecule has 31 heavy (non-hydrogen) atoms. The number of nitrogens with zero attached hydrogens (tertiary/aromatic N) is 4. The molecule has 1 fully saturated rings. The minimum Gasteiger partial charge on any atom is -0.497 e. The number of aryl methyl sites for hydroxylation is 1. The first-order valence-corrected chi connectivity index (χ1v) is 10.4. The van der Waals surface area contributed by atoms with Crippen molar-refractivity contribution in [1.82, 2.24) is 25.2 Å². The Kier molecular flexibility index (Phi) is 4.89. The van der Waals surface area contributed by atoms with Gasteiger partial charge in [0, 0.05) is 42.0 Å². The predicted molar refractivity (Wildman–Crippen MR) is 115 cm³/mol. The number of amides is 1. The number of benzene rings is 1. The van der Waals surface area contributed by atoms with Gasteiger partial charge in [-0.3, -0.25) is 9.48 Å². The Bertz CT molecular complexity index is 1240. The Morgan fingerprint density at radius 2 is 2.10 bits per heavy atom. The normalized spacial score (nSPS) is 13.5. The summed E-state index contributed by atoms with van der Waals surface area (Å²) in [7, 11) is 1.62. The smallest absolute Gasteiger partial charge is 0.259 e. The van der Waals surface area contributed by atoms with E-state index in [0.29, 0.717) is 34.8 Å². The lowest BCUT2D eigenvalue weighted by atomic mass is 10.0. The maximum Gasteiger partial charge on any atom is 0.259 e. The third-order valence-corrected chi connectivity index (χ3v) is 5.53. The second-order valence-electron chi connectivity index (χ2n) is 7.70. The number of hydrogen-bond acceptors (Lipinski definition) is 6. The van der Waals surface area contributed by atoms with Gasteiger partial charge in [0.05, 0.1) is 24.3 Å². The molecule has 1 N–H and O–H groups in total. The molecule has 1 aliphatic carbocycles. The Labute approximate surface area is 179 Å². The summed E-state index contributed by atoms with van der Waals surface area (Å²) in [6, 6.07) is 9.38. The zero-order valence-electron chi connectivity index (χ0n) is 17.5. The molecule has 0 spiro atoms. The molecule has 1 amide bonds. The Morgan fingerprint density at radius 3 is 2.77 bits per heavy atom. The van der Waals surface area contributed by atoms with E-state index in [1.807, 2.05) is 48.1 Å². The fraction of sp³-hybridized carbons (Fsp3) is 0.304. The molecule has 158 valence electrons. The van der Waals surface area contributed by atoms with Crippen molar-refractivity contribution in [1.29, 1.82) is 0 Å². The summed E-state index contributed by atoms with van der Waals surface area (Å²) in [6.07, 6.45) is 5.86. The maximum absolute atomic E-state index is 13.2. The summed E-state index contributed by atoms with van der Waals surface area (Å²) in [5.41, 5.74) is 4.17. The van der Waals surface area contributed by atoms with Crippen LogP contribution < -0.4 is 10.1 Å². The lowest BCUT2D eigenvalue weighted by Crippen LogP contribution is -2.23. The van der Waals surface area contributed by atoms with Crippen molar-refractivity contribution in [3.63, 3.8) is 0 Å². The van der Waals surface area contributed by atoms with Gasteiger partial charge in [0.25, 0.3) is 11.6 Å². The van der Waals surface area contributed by atoms with Crippen molar-refractivity contribution in [2.45, 2.75) is 38.8 Å². The predicted octanol–water partition coefficient (Wildman–Crippen LogP) is 3.92. The molecule has 0 unspecified atom stereocenters. The third kappa shape index (κ3) is 3.76. The van der Waals surface area contributed by atoms with Gasteiger partial charge in [0.1, 0.15) is 11.4 Å². The molecule has 0 bridgehead atoms. The number of rotatable bonds is 7. The van der Waals surface area contributed by atoms with E-state index in [1.165, 1.54) is 0 Å². The highest BCUT2D eigenvalue weighted by Crippen LogP contribution is 2.41. The van der Waals surface area contributed by atoms with E-state index >= 15 is 0 Å². The molecule has 0 saturated heterocycles. The van der Waals surface area contributed by atoms with Crippen molar-refractivity contribution < 1.29 is 14.1 Å². The van der Waals surface area contributed by atoms with Crippen LogP contribution in [0.2, 0.25) is 0 Å². The fourth-order valence-corrected chi connectivity index (χ4v) is 3.63. The van der Waals surface area contributed by atoms with Crippen LogP contribution in [0.15, 0.2) is 47.2 Å². The van der Waals surface area contributed by atoms with Crippen LogP contribution in [-0.4, -0.2) is 32.9 Å². The molecule has 8 nitrogen and oxygen atoms in total. The van der Waals surface area contributed by atoms with Crippen molar-refractivity contribution in [3.8, 4) is 17.0 Å². The zero-order chi connectivity index (χ0) is 21.4. The number of nitrogens with one attached hydrogen (secondary N) is 1. The molecule has 0 aliphatic heterocycles. The molecular weight excluding hydrogens is 394 g/mol. The quantitative estimate of drug-likeness (QED) is 0.490. The van der Waals surface area contributed by atoms with Gasteiger partial charge >= 0.3 is 0 Å². The lowest BCUT2D eigenvalue weighted by molar-refractivity contribution is 0.0952. The number of pyridine rings is 1. The van der Waals surface area contributed by atoms with Crippen LogP contribution in [0, 0.1) is 0 Å². The number of carbonyl (C=O) groups excluding carboxylic acids is 1. The van der Waals surface area contributed by atoms with Crippen LogP contribution in [0.5, 0.6) is 5.75 Å². The number of hydrogen-bond donors (Lipinski definition) is 1. The lowest BCUT2D eigenvalue weighted by Gasteiger charge is -2.08. The van der Waals surface area contributed by atoms with E-state index in [4.69, 9.17) is 9.26 Å². The molecule has 1 aromatic carbocycles. The Morgan fingerprint density at radius 1 is 1.29 bits per heavy atom. The van der Waals surface area contributed by atoms with Gasteiger partial charge in [-0.25, -0.2) is 4.98 Å². The molecule has 3 aromatic heterocycles. The first kappa shape index (κ1) is 19.3. The van der Waals surface area contributed by atoms with Gasteiger partial charge in [-0.15, -0.1) is 0 Å². The van der Waals surface area contributed by atoms with Crippen LogP contribution in [-0.2, 0) is 13.1 Å². The van der Waals surface area contributed by atoms with E-state index in [1.54, 1.807) is 13.3 Å². The van der Waals surface area contributed by atoms with E-state index in [9.17, 15) is 4.79 Å². The molecule has 1 aliphatic rings. The molecule has 8 heteroatoms. The minimum atomic E-state index is -0.184. The number of carbonyl (C=O) groups is 1. The maximum atomic E-state index is 13.2. The highest BCUT2D eigenvalue weighted by molar-refractivity contribution is 6.09. The van der Waals surface area contributed by atoms with Crippen molar-refractivity contribution in [2.24, 2.45) is 0 Å². The second-order valence-corrected chi connectivity index (χ2v) is 7.70. The average molecular weight is 417 g/mol. The number of aromatic nitrogens is 4. The van der Waals surface area contributed by atoms with Crippen LogP contribution in [0.4, 0.5) is 0 Å². The van der Waals surface area contributed by atoms with Crippen LogP contribution in [0.1, 0.15) is 47.3 Å². The fourth-order valence-electron chi connectivity index (χ4n) is 3.63. The van der Waals surface area contributed by atoms with Gasteiger partial charge in [-0.2, -0.15) is 5.10 Å². The van der Waals surface area contributed by atoms with Gasteiger partial charge < -0.3 is 14.6 Å². The Hall–Kier alpha value is -3.68. The van der Waals surface area contributed by atoms with Gasteiger partial charge in [0.2, 0.25) is 0 Å². The van der Waals surface area contributed by atoms with Crippen LogP contribution >= 0.6 is 0 Å². The van der Waals surface area contributed by atoms with Gasteiger partial charge in [-0.05, 0) is 50.1 Å². The SMILES string of the molecule is CCn1cc(CNC(=O)c2cc(C3CC3)nc3onc(-c4ccc(OC)cc4)c23)cn1. The topological polar surface area (TPSA) is 95.1 Å². The van der Waals surface area contributed by atoms with E-state index < -0.39 is 0 Å². The van der Waals surface area contributed by atoms with E-state index in [-0.39, 0.29) is 5.91 Å². The summed E-state index contributed by atoms with van der Waals surface area (Å²) in [4.78, 5) is 17.9. The number of ether oxygens (including phenoxy) is 1. The summed E-state index contributed by atoms with van der Waals surface area (Å²) in [6.45, 7) is 3.20. The molecule has 3 heterocycles. The molecule has 0 atom stereocenters. The molecule has 5 rings (SSSR count). The largest absolute Gasteiger partial charge is 0.497 e. The van der Waals surface area contributed by atoms with Gasteiger partial charge in [-0.1, -0.05) is 5.16 Å². The molecule has 1 saturated carbocycles. The molecule has 4 aromatic rings.